The van der Waals surface area contributed by atoms with Crippen molar-refractivity contribution in [1.82, 2.24) is 5.32 Å². The maximum absolute atomic E-state index is 13.3. The predicted molar refractivity (Wildman–Crippen MR) is 87.1 cm³/mol. The van der Waals surface area contributed by atoms with Crippen molar-refractivity contribution in [2.45, 2.75) is 25.3 Å². The van der Waals surface area contributed by atoms with E-state index < -0.39 is 0 Å². The lowest BCUT2D eigenvalue weighted by molar-refractivity contribution is -0.123. The topological polar surface area (TPSA) is 50.8 Å². The first-order chi connectivity index (χ1) is 11.2. The number of anilines is 1. The molecule has 1 aromatic rings. The molecule has 1 heterocycles. The summed E-state index contributed by atoms with van der Waals surface area (Å²) in [4.78, 5) is 14.1. The fraction of sp³-hybridized carbons (Fsp3) is 0.588. The van der Waals surface area contributed by atoms with E-state index in [0.717, 1.165) is 25.1 Å². The van der Waals surface area contributed by atoms with Gasteiger partial charge in [0, 0.05) is 38.3 Å². The largest absolute Gasteiger partial charge is 0.382 e. The molecule has 6 heteroatoms. The molecule has 1 atom stereocenters. The molecule has 1 fully saturated rings. The van der Waals surface area contributed by atoms with Gasteiger partial charge in [0.2, 0.25) is 5.91 Å². The van der Waals surface area contributed by atoms with E-state index in [4.69, 9.17) is 9.47 Å². The van der Waals surface area contributed by atoms with Gasteiger partial charge in [-0.1, -0.05) is 6.07 Å². The van der Waals surface area contributed by atoms with E-state index in [9.17, 15) is 9.18 Å². The Labute approximate surface area is 136 Å². The van der Waals surface area contributed by atoms with Crippen LogP contribution in [0.4, 0.5) is 10.1 Å². The van der Waals surface area contributed by atoms with E-state index in [1.54, 1.807) is 13.2 Å². The number of halogens is 1. The minimum Gasteiger partial charge on any atom is -0.382 e. The van der Waals surface area contributed by atoms with Crippen LogP contribution in [-0.4, -0.2) is 52.0 Å². The van der Waals surface area contributed by atoms with Crippen molar-refractivity contribution in [2.75, 3.05) is 44.9 Å². The Morgan fingerprint density at radius 1 is 1.39 bits per heavy atom. The lowest BCUT2D eigenvalue weighted by Gasteiger charge is -2.34. The van der Waals surface area contributed by atoms with Crippen LogP contribution in [0.1, 0.15) is 19.3 Å². The minimum atomic E-state index is -0.234. The number of methoxy groups -OCH3 is 1. The zero-order chi connectivity index (χ0) is 16.5. The summed E-state index contributed by atoms with van der Waals surface area (Å²) in [7, 11) is 1.61. The van der Waals surface area contributed by atoms with Crippen molar-refractivity contribution in [3.63, 3.8) is 0 Å². The Morgan fingerprint density at radius 3 is 3.04 bits per heavy atom. The fourth-order valence-corrected chi connectivity index (χ4v) is 2.71. The number of ether oxygens (including phenoxy) is 2. The lowest BCUT2D eigenvalue weighted by atomic mass is 10.0. The molecule has 0 spiro atoms. The summed E-state index contributed by atoms with van der Waals surface area (Å²) in [6.45, 7) is 3.03. The van der Waals surface area contributed by atoms with Gasteiger partial charge >= 0.3 is 0 Å². The molecular weight excluding hydrogens is 299 g/mol. The van der Waals surface area contributed by atoms with Crippen LogP contribution < -0.4 is 10.2 Å². The molecule has 1 aliphatic rings. The Balaban J connectivity index is 1.74. The molecule has 0 radical (unpaired) electrons. The van der Waals surface area contributed by atoms with Gasteiger partial charge in [-0.3, -0.25) is 4.79 Å². The zero-order valence-corrected chi connectivity index (χ0v) is 13.6. The summed E-state index contributed by atoms with van der Waals surface area (Å²) in [5.74, 6) is -0.240. The van der Waals surface area contributed by atoms with E-state index in [0.29, 0.717) is 32.8 Å². The van der Waals surface area contributed by atoms with Gasteiger partial charge in [-0.15, -0.1) is 0 Å². The smallest absolute Gasteiger partial charge is 0.222 e. The van der Waals surface area contributed by atoms with Gasteiger partial charge in [-0.25, -0.2) is 4.39 Å². The summed E-state index contributed by atoms with van der Waals surface area (Å²) >= 11 is 0. The van der Waals surface area contributed by atoms with Crippen molar-refractivity contribution in [2.24, 2.45) is 0 Å². The van der Waals surface area contributed by atoms with E-state index in [1.165, 1.54) is 12.1 Å². The van der Waals surface area contributed by atoms with Crippen molar-refractivity contribution < 1.29 is 18.7 Å². The van der Waals surface area contributed by atoms with Crippen LogP contribution in [0.15, 0.2) is 24.3 Å². The first kappa shape index (κ1) is 17.7. The van der Waals surface area contributed by atoms with Crippen molar-refractivity contribution in [3.8, 4) is 0 Å². The van der Waals surface area contributed by atoms with Crippen LogP contribution in [0, 0.1) is 5.82 Å². The number of nitrogens with zero attached hydrogens (tertiary/aromatic N) is 1. The van der Waals surface area contributed by atoms with Gasteiger partial charge in [-0.05, 0) is 31.0 Å². The number of hydrogen-bond donors (Lipinski definition) is 1. The highest BCUT2D eigenvalue weighted by atomic mass is 19.1. The molecule has 1 aliphatic heterocycles. The molecule has 1 unspecified atom stereocenters. The van der Waals surface area contributed by atoms with Gasteiger partial charge in [0.15, 0.2) is 0 Å². The fourth-order valence-electron chi connectivity index (χ4n) is 2.71. The van der Waals surface area contributed by atoms with Gasteiger partial charge in [0.05, 0.1) is 19.8 Å². The highest BCUT2D eigenvalue weighted by Crippen LogP contribution is 2.20. The third-order valence-corrected chi connectivity index (χ3v) is 3.87. The van der Waals surface area contributed by atoms with Gasteiger partial charge < -0.3 is 19.7 Å². The van der Waals surface area contributed by atoms with Gasteiger partial charge in [0.1, 0.15) is 5.82 Å². The highest BCUT2D eigenvalue weighted by molar-refractivity contribution is 5.76. The third-order valence-electron chi connectivity index (χ3n) is 3.87. The predicted octanol–water partition coefficient (Wildman–Crippen LogP) is 1.96. The first-order valence-corrected chi connectivity index (χ1v) is 8.05. The number of amides is 1. The highest BCUT2D eigenvalue weighted by Gasteiger charge is 2.21. The number of rotatable bonds is 8. The average Bonchev–Trinajstić information content (AvgIpc) is 2.55. The maximum Gasteiger partial charge on any atom is 0.222 e. The summed E-state index contributed by atoms with van der Waals surface area (Å²) in [5, 5.41) is 3.04. The molecule has 1 saturated heterocycles. The zero-order valence-electron chi connectivity index (χ0n) is 13.6. The van der Waals surface area contributed by atoms with Crippen LogP contribution in [0.2, 0.25) is 0 Å². The monoisotopic (exact) mass is 324 g/mol. The first-order valence-electron chi connectivity index (χ1n) is 8.05. The summed E-state index contributed by atoms with van der Waals surface area (Å²) < 4.78 is 23.5. The van der Waals surface area contributed by atoms with Crippen molar-refractivity contribution in [3.05, 3.63) is 30.1 Å². The Bertz CT molecular complexity index is 498. The molecule has 1 amide bonds. The van der Waals surface area contributed by atoms with Gasteiger partial charge in [0.25, 0.3) is 0 Å². The normalized spacial score (nSPS) is 18.0. The molecule has 0 bridgehead atoms. The van der Waals surface area contributed by atoms with Gasteiger partial charge in [-0.2, -0.15) is 0 Å². The van der Waals surface area contributed by atoms with E-state index in [-0.39, 0.29) is 17.8 Å². The second-order valence-corrected chi connectivity index (χ2v) is 5.69. The average molecular weight is 324 g/mol. The number of nitrogens with one attached hydrogen (secondary N) is 1. The van der Waals surface area contributed by atoms with E-state index in [1.807, 2.05) is 6.07 Å². The van der Waals surface area contributed by atoms with Crippen LogP contribution >= 0.6 is 0 Å². The molecule has 128 valence electrons. The third kappa shape index (κ3) is 6.15. The lowest BCUT2D eigenvalue weighted by Crippen LogP contribution is -2.48. The Hall–Kier alpha value is -1.66. The Morgan fingerprint density at radius 2 is 2.26 bits per heavy atom. The Kier molecular flexibility index (Phi) is 7.29. The standard InChI is InChI=1S/C17H25FN2O3/c1-22-10-11-23-9-7-17(21)19-15-5-3-8-20(13-15)16-6-2-4-14(18)12-16/h2,4,6,12,15H,3,5,7-11,13H2,1H3,(H,19,21). The molecule has 2 rings (SSSR count). The molecule has 0 aromatic heterocycles. The number of carbonyl (C=O) groups is 1. The number of carbonyl (C=O) groups excluding carboxylic acids is 1. The SMILES string of the molecule is COCCOCCC(=O)NC1CCCN(c2cccc(F)c2)C1. The summed E-state index contributed by atoms with van der Waals surface area (Å²) in [6, 6.07) is 6.68. The quantitative estimate of drug-likeness (QED) is 0.743. The van der Waals surface area contributed by atoms with Crippen LogP contribution in [0.3, 0.4) is 0 Å². The van der Waals surface area contributed by atoms with E-state index >= 15 is 0 Å². The minimum absolute atomic E-state index is 0.00601. The van der Waals surface area contributed by atoms with Crippen LogP contribution in [0.5, 0.6) is 0 Å². The molecule has 0 saturated carbocycles. The molecule has 0 aliphatic carbocycles. The number of benzene rings is 1. The second-order valence-electron chi connectivity index (χ2n) is 5.69. The number of hydrogen-bond acceptors (Lipinski definition) is 4. The maximum atomic E-state index is 13.3. The number of piperidine rings is 1. The second kappa shape index (κ2) is 9.47. The molecule has 5 nitrogen and oxygen atoms in total. The van der Waals surface area contributed by atoms with Crippen molar-refractivity contribution >= 4 is 11.6 Å². The molecular formula is C17H25FN2O3. The van der Waals surface area contributed by atoms with Crippen LogP contribution in [-0.2, 0) is 14.3 Å². The summed E-state index contributed by atoms with van der Waals surface area (Å²) in [6.07, 6.45) is 2.27. The van der Waals surface area contributed by atoms with E-state index in [2.05, 4.69) is 10.2 Å². The molecule has 23 heavy (non-hydrogen) atoms. The summed E-state index contributed by atoms with van der Waals surface area (Å²) in [5.41, 5.74) is 0.867. The van der Waals surface area contributed by atoms with Crippen molar-refractivity contribution in [1.29, 1.82) is 0 Å². The molecule has 1 N–H and O–H groups in total. The van der Waals surface area contributed by atoms with Crippen LogP contribution in [0.25, 0.3) is 0 Å². The molecule has 1 aromatic carbocycles.